The molecule has 2 saturated heterocycles. The number of likely N-dealkylation sites (tertiary alicyclic amines) is 2. The van der Waals surface area contributed by atoms with Crippen LogP contribution < -0.4 is 18.6 Å². The number of pyridine rings is 2. The number of ether oxygens (including phenoxy) is 2. The van der Waals surface area contributed by atoms with Gasteiger partial charge in [-0.1, -0.05) is 0 Å². The predicted octanol–water partition coefficient (Wildman–Crippen LogP) is 9.21. The van der Waals surface area contributed by atoms with Crippen molar-refractivity contribution >= 4 is 65.2 Å². The van der Waals surface area contributed by atoms with Crippen molar-refractivity contribution in [2.24, 2.45) is 11.8 Å². The zero-order chi connectivity index (χ0) is 39.7. The summed E-state index contributed by atoms with van der Waals surface area (Å²) < 4.78 is 16.0. The van der Waals surface area contributed by atoms with Crippen LogP contribution in [-0.4, -0.2) is 73.3 Å². The molecular formula is C50H58N6O2+2. The average Bonchev–Trinajstić information content (AvgIpc) is 3.85. The van der Waals surface area contributed by atoms with Crippen LogP contribution in [-0.2, 0) is 13.1 Å². The Bertz CT molecular complexity index is 2660. The maximum absolute atomic E-state index is 5.58. The number of methoxy groups -OCH3 is 2. The van der Waals surface area contributed by atoms with E-state index >= 15 is 0 Å². The predicted molar refractivity (Wildman–Crippen MR) is 237 cm³/mol. The lowest BCUT2D eigenvalue weighted by molar-refractivity contribution is -0.695. The molecule has 8 aromatic rings. The van der Waals surface area contributed by atoms with Crippen LogP contribution in [0.1, 0.15) is 47.9 Å². The molecule has 2 aliphatic rings. The molecule has 58 heavy (non-hydrogen) atoms. The summed E-state index contributed by atoms with van der Waals surface area (Å²) in [6, 6.07) is 17.3. The number of hydrogen-bond donors (Lipinski definition) is 2. The van der Waals surface area contributed by atoms with Crippen molar-refractivity contribution in [1.29, 1.82) is 0 Å². The van der Waals surface area contributed by atoms with Crippen LogP contribution in [0.25, 0.3) is 65.2 Å². The first-order valence-electron chi connectivity index (χ1n) is 21.6. The number of H-pyrrole nitrogens is 2. The Hall–Kier alpha value is -5.18. The van der Waals surface area contributed by atoms with Gasteiger partial charge in [0.2, 0.25) is 0 Å². The average molecular weight is 775 g/mol. The topological polar surface area (TPSA) is 64.3 Å². The van der Waals surface area contributed by atoms with E-state index in [2.05, 4.69) is 118 Å². The third-order valence-electron chi connectivity index (χ3n) is 14.4. The van der Waals surface area contributed by atoms with Gasteiger partial charge in [0, 0.05) is 55.5 Å². The minimum absolute atomic E-state index is 0.872. The van der Waals surface area contributed by atoms with Crippen LogP contribution in [0.15, 0.2) is 73.3 Å². The smallest absolute Gasteiger partial charge is 0.176 e. The number of aryl methyl sites for hydroxylation is 4. The van der Waals surface area contributed by atoms with Crippen LogP contribution in [0.4, 0.5) is 0 Å². The Morgan fingerprint density at radius 2 is 0.948 bits per heavy atom. The summed E-state index contributed by atoms with van der Waals surface area (Å²) in [5, 5.41) is 10.5. The van der Waals surface area contributed by atoms with Crippen molar-refractivity contribution in [2.75, 3.05) is 53.5 Å². The summed E-state index contributed by atoms with van der Waals surface area (Å²) in [4.78, 5) is 12.8. The monoisotopic (exact) mass is 774 g/mol. The molecule has 0 saturated carbocycles. The molecule has 2 fully saturated rings. The molecule has 4 aromatic heterocycles. The fraction of sp³-hybridized carbons (Fsp3) is 0.400. The summed E-state index contributed by atoms with van der Waals surface area (Å²) in [5.41, 5.74) is 10.1. The van der Waals surface area contributed by atoms with Crippen molar-refractivity contribution in [3.8, 4) is 11.5 Å². The second-order valence-electron chi connectivity index (χ2n) is 17.5. The molecule has 298 valence electrons. The maximum Gasteiger partial charge on any atom is 0.176 e. The molecule has 0 bridgehead atoms. The number of piperidine rings is 2. The van der Waals surface area contributed by atoms with E-state index in [4.69, 9.17) is 9.47 Å². The van der Waals surface area contributed by atoms with Gasteiger partial charge in [-0.15, -0.1) is 0 Å². The fourth-order valence-electron chi connectivity index (χ4n) is 10.9. The van der Waals surface area contributed by atoms with Gasteiger partial charge in [0.25, 0.3) is 0 Å². The Balaban J connectivity index is 0.736. The van der Waals surface area contributed by atoms with Gasteiger partial charge in [0.15, 0.2) is 37.9 Å². The lowest BCUT2D eigenvalue weighted by Crippen LogP contribution is -2.46. The molecule has 10 rings (SSSR count). The summed E-state index contributed by atoms with van der Waals surface area (Å²) in [5.74, 6) is 3.54. The van der Waals surface area contributed by atoms with Gasteiger partial charge in [0.1, 0.15) is 11.5 Å². The van der Waals surface area contributed by atoms with E-state index in [0.29, 0.717) is 0 Å². The van der Waals surface area contributed by atoms with Gasteiger partial charge in [0.05, 0.1) is 38.3 Å². The SMILES string of the molecule is COc1ccc2[nH]c3c(C)c4cc[n+](CCN5CCC(C6CCN(CC[n+]7ccc8c(C)c9[nH]c%10ccc(OC)cc%10c9c(C)c8c7)CC6)CC5)cc4c(C)c3c2c1. The molecule has 0 spiro atoms. The van der Waals surface area contributed by atoms with Crippen LogP contribution in [0.2, 0.25) is 0 Å². The molecular weight excluding hydrogens is 717 g/mol. The van der Waals surface area contributed by atoms with E-state index in [9.17, 15) is 0 Å². The second kappa shape index (κ2) is 14.9. The van der Waals surface area contributed by atoms with Gasteiger partial charge in [-0.25, -0.2) is 9.13 Å². The molecule has 0 amide bonds. The highest BCUT2D eigenvalue weighted by Crippen LogP contribution is 2.39. The summed E-state index contributed by atoms with van der Waals surface area (Å²) in [6.45, 7) is 18.2. The highest BCUT2D eigenvalue weighted by atomic mass is 16.5. The zero-order valence-electron chi connectivity index (χ0n) is 35.2. The standard InChI is InChI=1S/C50H56N6O2/c1-31-43-29-55(21-15-39(43)33(3)49-47(31)41-27-37(57-5)7-9-45(41)51-49)25-23-53-17-11-35(12-18-53)36-13-19-54(20-14-36)24-26-56-22-16-40-34(4)50-48(32(2)44(40)30-56)42-28-38(58-6)8-10-46(42)52-50/h7-10,15-16,21-22,27-30,35-36H,11-14,17-20,23-26H2,1-6H3/p+2. The van der Waals surface area contributed by atoms with Gasteiger partial charge in [-0.2, -0.15) is 0 Å². The van der Waals surface area contributed by atoms with Crippen LogP contribution in [0.5, 0.6) is 11.5 Å². The first kappa shape index (κ1) is 37.1. The number of aromatic nitrogens is 4. The first-order chi connectivity index (χ1) is 28.3. The molecule has 6 heterocycles. The van der Waals surface area contributed by atoms with Crippen molar-refractivity contribution < 1.29 is 18.6 Å². The van der Waals surface area contributed by atoms with E-state index in [1.807, 2.05) is 12.1 Å². The van der Waals surface area contributed by atoms with Crippen molar-refractivity contribution in [2.45, 2.75) is 66.5 Å². The highest BCUT2D eigenvalue weighted by Gasteiger charge is 2.30. The maximum atomic E-state index is 5.58. The zero-order valence-corrected chi connectivity index (χ0v) is 35.2. The number of fused-ring (bicyclic) bond motifs is 8. The van der Waals surface area contributed by atoms with Gasteiger partial charge >= 0.3 is 0 Å². The fourth-order valence-corrected chi connectivity index (χ4v) is 10.9. The van der Waals surface area contributed by atoms with Crippen molar-refractivity contribution in [3.05, 3.63) is 95.6 Å². The highest BCUT2D eigenvalue weighted by molar-refractivity contribution is 6.17. The van der Waals surface area contributed by atoms with Crippen molar-refractivity contribution in [3.63, 3.8) is 0 Å². The van der Waals surface area contributed by atoms with Crippen LogP contribution >= 0.6 is 0 Å². The normalized spacial score (nSPS) is 16.6. The third kappa shape index (κ3) is 6.36. The molecule has 0 unspecified atom stereocenters. The third-order valence-corrected chi connectivity index (χ3v) is 14.4. The number of benzene rings is 4. The molecule has 4 aromatic carbocycles. The Morgan fingerprint density at radius 1 is 0.534 bits per heavy atom. The molecule has 0 aliphatic carbocycles. The number of rotatable bonds is 9. The molecule has 2 aliphatic heterocycles. The van der Waals surface area contributed by atoms with E-state index in [0.717, 1.165) is 60.5 Å². The van der Waals surface area contributed by atoms with Gasteiger partial charge in [-0.05, 0) is 161 Å². The van der Waals surface area contributed by atoms with E-state index in [-0.39, 0.29) is 0 Å². The van der Waals surface area contributed by atoms with E-state index < -0.39 is 0 Å². The number of nitrogens with one attached hydrogen (secondary N) is 2. The number of aromatic amines is 2. The van der Waals surface area contributed by atoms with Crippen LogP contribution in [0, 0.1) is 39.5 Å². The molecule has 8 nitrogen and oxygen atoms in total. The van der Waals surface area contributed by atoms with Gasteiger partial charge < -0.3 is 19.4 Å². The minimum atomic E-state index is 0.872. The van der Waals surface area contributed by atoms with E-state index in [1.165, 1.54) is 128 Å². The quantitative estimate of drug-likeness (QED) is 0.144. The number of nitrogens with zero attached hydrogens (tertiary/aromatic N) is 4. The summed E-state index contributed by atoms with van der Waals surface area (Å²) in [7, 11) is 3.49. The summed E-state index contributed by atoms with van der Waals surface area (Å²) >= 11 is 0. The van der Waals surface area contributed by atoms with Gasteiger partial charge in [-0.3, -0.25) is 9.80 Å². The van der Waals surface area contributed by atoms with Crippen molar-refractivity contribution in [1.82, 2.24) is 19.8 Å². The molecule has 2 N–H and O–H groups in total. The Morgan fingerprint density at radius 3 is 1.34 bits per heavy atom. The van der Waals surface area contributed by atoms with E-state index in [1.54, 1.807) is 14.2 Å². The Labute approximate surface area is 341 Å². The number of hydrogen-bond acceptors (Lipinski definition) is 4. The first-order valence-corrected chi connectivity index (χ1v) is 21.6. The van der Waals surface area contributed by atoms with Crippen LogP contribution in [0.3, 0.4) is 0 Å². The molecule has 8 heteroatoms. The second-order valence-corrected chi connectivity index (χ2v) is 17.5. The molecule has 0 radical (unpaired) electrons. The lowest BCUT2D eigenvalue weighted by Gasteiger charge is -2.39. The summed E-state index contributed by atoms with van der Waals surface area (Å²) in [6.07, 6.45) is 14.7. The lowest BCUT2D eigenvalue weighted by atomic mass is 9.79. The minimum Gasteiger partial charge on any atom is -0.497 e. The largest absolute Gasteiger partial charge is 0.497 e. The Kier molecular flexibility index (Phi) is 9.53. The molecule has 0 atom stereocenters.